The molecule has 3 aromatic rings. The molecule has 0 atom stereocenters. The number of halogens is 1. The van der Waals surface area contributed by atoms with Gasteiger partial charge in [0.1, 0.15) is 5.75 Å². The lowest BCUT2D eigenvalue weighted by molar-refractivity contribution is -0.129. The van der Waals surface area contributed by atoms with Crippen molar-refractivity contribution in [2.24, 2.45) is 5.14 Å². The van der Waals surface area contributed by atoms with Gasteiger partial charge in [0.25, 0.3) is 0 Å². The Morgan fingerprint density at radius 2 is 1.97 bits per heavy atom. The summed E-state index contributed by atoms with van der Waals surface area (Å²) in [5.41, 5.74) is 4.42. The van der Waals surface area contributed by atoms with Crippen LogP contribution in [0.15, 0.2) is 52.7 Å². The molecule has 0 saturated carbocycles. The number of hydrogen-bond acceptors (Lipinski definition) is 6. The van der Waals surface area contributed by atoms with Gasteiger partial charge in [-0.05, 0) is 42.0 Å². The molecule has 1 heterocycles. The van der Waals surface area contributed by atoms with Gasteiger partial charge in [-0.1, -0.05) is 35.9 Å². The fourth-order valence-corrected chi connectivity index (χ4v) is 5.44. The number of primary sulfonamides is 1. The average Bonchev–Trinajstić information content (AvgIpc) is 3.16. The van der Waals surface area contributed by atoms with E-state index in [2.05, 4.69) is 0 Å². The first-order valence-electron chi connectivity index (χ1n) is 9.25. The molecular formula is C21H21ClN2O5S2. The molecule has 1 aromatic heterocycles. The SMILES string of the molecule is COc1ccc(-c2c(-c3ccccc3S(N)(=O)=O)csc2CCCC(=O)NO)cc1Cl. The first-order valence-corrected chi connectivity index (χ1v) is 12.1. The quantitative estimate of drug-likeness (QED) is 0.329. The van der Waals surface area contributed by atoms with Crippen molar-refractivity contribution in [2.75, 3.05) is 7.11 Å². The zero-order valence-corrected chi connectivity index (χ0v) is 19.0. The molecule has 31 heavy (non-hydrogen) atoms. The fraction of sp³-hybridized carbons (Fsp3) is 0.190. The fourth-order valence-electron chi connectivity index (χ4n) is 3.32. The van der Waals surface area contributed by atoms with Crippen LogP contribution in [0.4, 0.5) is 0 Å². The van der Waals surface area contributed by atoms with Crippen molar-refractivity contribution in [2.45, 2.75) is 24.2 Å². The lowest BCUT2D eigenvalue weighted by atomic mass is 9.95. The summed E-state index contributed by atoms with van der Waals surface area (Å²) in [6.07, 6.45) is 1.20. The lowest BCUT2D eigenvalue weighted by Crippen LogP contribution is -2.18. The van der Waals surface area contributed by atoms with Crippen molar-refractivity contribution in [1.82, 2.24) is 5.48 Å². The Balaban J connectivity index is 2.15. The predicted molar refractivity (Wildman–Crippen MR) is 121 cm³/mol. The summed E-state index contributed by atoms with van der Waals surface area (Å²) < 4.78 is 29.6. The topological polar surface area (TPSA) is 119 Å². The minimum Gasteiger partial charge on any atom is -0.495 e. The van der Waals surface area contributed by atoms with Crippen LogP contribution < -0.4 is 15.4 Å². The van der Waals surface area contributed by atoms with Gasteiger partial charge < -0.3 is 4.74 Å². The van der Waals surface area contributed by atoms with E-state index in [0.29, 0.717) is 34.7 Å². The number of ether oxygens (including phenoxy) is 1. The minimum absolute atomic E-state index is 0.0277. The van der Waals surface area contributed by atoms with Crippen LogP contribution >= 0.6 is 22.9 Å². The summed E-state index contributed by atoms with van der Waals surface area (Å²) in [4.78, 5) is 12.4. The lowest BCUT2D eigenvalue weighted by Gasteiger charge is -2.13. The van der Waals surface area contributed by atoms with E-state index in [4.69, 9.17) is 26.7 Å². The van der Waals surface area contributed by atoms with Crippen molar-refractivity contribution < 1.29 is 23.2 Å². The van der Waals surface area contributed by atoms with Crippen LogP contribution in [0.3, 0.4) is 0 Å². The van der Waals surface area contributed by atoms with Crippen molar-refractivity contribution in [3.8, 4) is 28.0 Å². The van der Waals surface area contributed by atoms with E-state index < -0.39 is 15.9 Å². The number of sulfonamides is 1. The van der Waals surface area contributed by atoms with E-state index in [1.165, 1.54) is 24.5 Å². The van der Waals surface area contributed by atoms with Crippen LogP contribution in [0.5, 0.6) is 5.75 Å². The molecule has 0 bridgehead atoms. The summed E-state index contributed by atoms with van der Waals surface area (Å²) in [5, 5.41) is 16.5. The Morgan fingerprint density at radius 3 is 2.61 bits per heavy atom. The number of carbonyl (C=O) groups excluding carboxylic acids is 1. The maximum absolute atomic E-state index is 12.2. The van der Waals surface area contributed by atoms with Crippen LogP contribution in [0.1, 0.15) is 17.7 Å². The molecule has 0 unspecified atom stereocenters. The van der Waals surface area contributed by atoms with Gasteiger partial charge in [0.15, 0.2) is 0 Å². The molecule has 3 rings (SSSR count). The van der Waals surface area contributed by atoms with Gasteiger partial charge in [0, 0.05) is 28.0 Å². The van der Waals surface area contributed by atoms with Gasteiger partial charge in [0.2, 0.25) is 15.9 Å². The average molecular weight is 481 g/mol. The molecule has 0 aliphatic heterocycles. The maximum atomic E-state index is 12.2. The molecule has 0 saturated heterocycles. The first kappa shape index (κ1) is 23.2. The van der Waals surface area contributed by atoms with Gasteiger partial charge in [0.05, 0.1) is 17.0 Å². The molecule has 2 aromatic carbocycles. The Hall–Kier alpha value is -2.43. The highest BCUT2D eigenvalue weighted by Crippen LogP contribution is 2.43. The summed E-state index contributed by atoms with van der Waals surface area (Å²) >= 11 is 7.80. The van der Waals surface area contributed by atoms with Crippen LogP contribution in [0.25, 0.3) is 22.3 Å². The van der Waals surface area contributed by atoms with Gasteiger partial charge in [-0.15, -0.1) is 11.3 Å². The number of hydroxylamine groups is 1. The van der Waals surface area contributed by atoms with E-state index in [1.54, 1.807) is 35.8 Å². The Labute approximate surface area is 189 Å². The summed E-state index contributed by atoms with van der Waals surface area (Å²) in [5.74, 6) is 0.0543. The molecule has 0 fully saturated rings. The number of carbonyl (C=O) groups is 1. The smallest absolute Gasteiger partial charge is 0.243 e. The van der Waals surface area contributed by atoms with Gasteiger partial charge in [-0.3, -0.25) is 10.0 Å². The summed E-state index contributed by atoms with van der Waals surface area (Å²) in [6, 6.07) is 11.9. The second-order valence-electron chi connectivity index (χ2n) is 6.73. The van der Waals surface area contributed by atoms with Crippen molar-refractivity contribution in [3.63, 3.8) is 0 Å². The van der Waals surface area contributed by atoms with E-state index in [-0.39, 0.29) is 11.3 Å². The molecule has 10 heteroatoms. The van der Waals surface area contributed by atoms with Gasteiger partial charge >= 0.3 is 0 Å². The largest absolute Gasteiger partial charge is 0.495 e. The number of rotatable bonds is 8. The number of aryl methyl sites for hydroxylation is 1. The highest BCUT2D eigenvalue weighted by Gasteiger charge is 2.22. The highest BCUT2D eigenvalue weighted by molar-refractivity contribution is 7.89. The number of benzene rings is 2. The van der Waals surface area contributed by atoms with Crippen LogP contribution in [-0.4, -0.2) is 26.6 Å². The molecule has 7 nitrogen and oxygen atoms in total. The molecule has 0 spiro atoms. The first-order chi connectivity index (χ1) is 14.8. The molecule has 0 radical (unpaired) electrons. The standard InChI is InChI=1S/C21H21ClN2O5S2/c1-29-17-10-9-13(11-16(17)22)21-15(12-30-18(21)6-4-8-20(25)24-26)14-5-2-3-7-19(14)31(23,27)28/h2-3,5,7,9-12,26H,4,6,8H2,1H3,(H,24,25)(H2,23,27,28). The molecule has 0 aliphatic carbocycles. The number of hydrogen-bond donors (Lipinski definition) is 3. The van der Waals surface area contributed by atoms with Crippen LogP contribution in [-0.2, 0) is 21.2 Å². The Morgan fingerprint density at radius 1 is 1.23 bits per heavy atom. The van der Waals surface area contributed by atoms with Crippen molar-refractivity contribution in [3.05, 3.63) is 57.7 Å². The van der Waals surface area contributed by atoms with E-state index in [0.717, 1.165) is 16.0 Å². The monoisotopic (exact) mass is 480 g/mol. The van der Waals surface area contributed by atoms with E-state index in [1.807, 2.05) is 11.4 Å². The summed E-state index contributed by atoms with van der Waals surface area (Å²) in [6.45, 7) is 0. The zero-order valence-electron chi connectivity index (χ0n) is 16.6. The van der Waals surface area contributed by atoms with Crippen LogP contribution in [0.2, 0.25) is 5.02 Å². The molecule has 1 amide bonds. The second kappa shape index (κ2) is 9.80. The second-order valence-corrected chi connectivity index (χ2v) is 9.63. The molecule has 0 aliphatic rings. The highest BCUT2D eigenvalue weighted by atomic mass is 35.5. The zero-order chi connectivity index (χ0) is 22.6. The van der Waals surface area contributed by atoms with Crippen molar-refractivity contribution >= 4 is 38.9 Å². The molecule has 164 valence electrons. The summed E-state index contributed by atoms with van der Waals surface area (Å²) in [7, 11) is -2.42. The Kier molecular flexibility index (Phi) is 7.34. The maximum Gasteiger partial charge on any atom is 0.243 e. The van der Waals surface area contributed by atoms with Gasteiger partial charge in [-0.25, -0.2) is 19.0 Å². The number of methoxy groups -OCH3 is 1. The molecule has 4 N–H and O–H groups in total. The number of thiophene rings is 1. The van der Waals surface area contributed by atoms with Crippen molar-refractivity contribution in [1.29, 1.82) is 0 Å². The molecular weight excluding hydrogens is 460 g/mol. The predicted octanol–water partition coefficient (Wildman–Crippen LogP) is 4.22. The Bertz CT molecular complexity index is 1210. The third-order valence-electron chi connectivity index (χ3n) is 4.72. The number of amides is 1. The minimum atomic E-state index is -3.94. The van der Waals surface area contributed by atoms with E-state index in [9.17, 15) is 13.2 Å². The van der Waals surface area contributed by atoms with E-state index >= 15 is 0 Å². The third-order valence-corrected chi connectivity index (χ3v) is 7.03. The van der Waals surface area contributed by atoms with Gasteiger partial charge in [-0.2, -0.15) is 0 Å². The third kappa shape index (κ3) is 5.25. The number of nitrogens with one attached hydrogen (secondary N) is 1. The van der Waals surface area contributed by atoms with Crippen LogP contribution in [0, 0.1) is 0 Å². The number of nitrogens with two attached hydrogens (primary N) is 1. The normalized spacial score (nSPS) is 11.4.